The van der Waals surface area contributed by atoms with Crippen LogP contribution in [0.5, 0.6) is 0 Å². The van der Waals surface area contributed by atoms with E-state index in [1.165, 1.54) is 11.3 Å². The molecule has 0 saturated carbocycles. The Kier molecular flexibility index (Phi) is 6.89. The Balaban J connectivity index is 1.64. The van der Waals surface area contributed by atoms with E-state index in [2.05, 4.69) is 45.1 Å². The van der Waals surface area contributed by atoms with Gasteiger partial charge in [0, 0.05) is 58.6 Å². The van der Waals surface area contributed by atoms with Gasteiger partial charge in [-0.1, -0.05) is 24.4 Å². The van der Waals surface area contributed by atoms with E-state index in [0.29, 0.717) is 16.6 Å². The molecule has 1 amide bonds. The molecule has 1 aromatic heterocycles. The maximum Gasteiger partial charge on any atom is 0.222 e. The predicted octanol–water partition coefficient (Wildman–Crippen LogP) is 3.35. The molecule has 1 aliphatic heterocycles. The molecule has 0 radical (unpaired) electrons. The molecule has 1 N–H and O–H groups in total. The first kappa shape index (κ1) is 20.9. The molecule has 29 heavy (non-hydrogen) atoms. The Morgan fingerprint density at radius 3 is 2.52 bits per heavy atom. The fourth-order valence-electron chi connectivity index (χ4n) is 3.60. The van der Waals surface area contributed by atoms with Gasteiger partial charge < -0.3 is 19.7 Å². The van der Waals surface area contributed by atoms with Crippen LogP contribution in [0.2, 0.25) is 0 Å². The Bertz CT molecular complexity index is 945. The molecular formula is C22H27N5OS. The van der Waals surface area contributed by atoms with Gasteiger partial charge >= 0.3 is 0 Å². The number of benzene rings is 1. The van der Waals surface area contributed by atoms with Crippen LogP contribution in [-0.2, 0) is 11.2 Å². The Morgan fingerprint density at radius 1 is 1.14 bits per heavy atom. The third-order valence-electron chi connectivity index (χ3n) is 5.32. The van der Waals surface area contributed by atoms with Gasteiger partial charge in [-0.05, 0) is 36.6 Å². The molecular weight excluding hydrogens is 382 g/mol. The number of hydrogen-bond acceptors (Lipinski definition) is 5. The number of pyridine rings is 1. The number of nitrogens with one attached hydrogen (secondary N) is 1. The molecule has 0 unspecified atom stereocenters. The number of amides is 1. The maximum absolute atomic E-state index is 11.8. The molecule has 0 aliphatic carbocycles. The van der Waals surface area contributed by atoms with Gasteiger partial charge in [-0.2, -0.15) is 5.26 Å². The molecule has 3 rings (SSSR count). The molecule has 7 heteroatoms. The number of nitrogens with zero attached hydrogens (tertiary/aromatic N) is 4. The summed E-state index contributed by atoms with van der Waals surface area (Å²) in [6.45, 7) is 3.59. The van der Waals surface area contributed by atoms with E-state index in [9.17, 15) is 10.1 Å². The quantitative estimate of drug-likeness (QED) is 0.767. The number of aryl methyl sites for hydroxylation is 1. The first-order valence-electron chi connectivity index (χ1n) is 9.90. The Hall–Kier alpha value is -2.85. The van der Waals surface area contributed by atoms with Crippen LogP contribution in [0.25, 0.3) is 0 Å². The van der Waals surface area contributed by atoms with Crippen LogP contribution in [0, 0.1) is 16.0 Å². The number of H-pyrrole nitrogens is 1. The van der Waals surface area contributed by atoms with Crippen LogP contribution in [0.3, 0.4) is 0 Å². The van der Waals surface area contributed by atoms with Crippen LogP contribution < -0.4 is 9.80 Å². The van der Waals surface area contributed by atoms with Crippen molar-refractivity contribution in [2.24, 2.45) is 0 Å². The molecule has 2 aromatic rings. The van der Waals surface area contributed by atoms with Crippen molar-refractivity contribution in [3.63, 3.8) is 0 Å². The summed E-state index contributed by atoms with van der Waals surface area (Å²) in [7, 11) is 3.58. The maximum atomic E-state index is 11.8. The summed E-state index contributed by atoms with van der Waals surface area (Å²) in [6, 6.07) is 12.7. The highest BCUT2D eigenvalue weighted by atomic mass is 32.1. The summed E-state index contributed by atoms with van der Waals surface area (Å²) in [5.74, 6) is 0.152. The van der Waals surface area contributed by atoms with Gasteiger partial charge in [0.2, 0.25) is 5.91 Å². The number of aromatic amines is 1. The summed E-state index contributed by atoms with van der Waals surface area (Å²) in [5.41, 5.74) is 3.84. The highest BCUT2D eigenvalue weighted by molar-refractivity contribution is 7.71. The van der Waals surface area contributed by atoms with Crippen molar-refractivity contribution in [2.45, 2.75) is 19.3 Å². The van der Waals surface area contributed by atoms with Gasteiger partial charge in [-0.15, -0.1) is 0 Å². The van der Waals surface area contributed by atoms with Crippen molar-refractivity contribution in [2.75, 3.05) is 50.1 Å². The lowest BCUT2D eigenvalue weighted by atomic mass is 10.1. The molecule has 1 aliphatic rings. The zero-order valence-electron chi connectivity index (χ0n) is 17.0. The summed E-state index contributed by atoms with van der Waals surface area (Å²) in [5, 5.41) is 9.47. The third-order valence-corrected chi connectivity index (χ3v) is 5.64. The first-order chi connectivity index (χ1) is 14.0. The number of carbonyl (C=O) groups excluding carboxylic acids is 1. The fourth-order valence-corrected chi connectivity index (χ4v) is 3.82. The standard InChI is InChI=1S/C22H27N5OS/c1-25(2)21(28)9-6-17-4-7-18(8-5-17)26-12-3-13-27(15-14-26)20-10-11-24-22(29)19(20)16-23/h4-5,7-8,10-11H,3,6,9,12-15H2,1-2H3,(H,24,29). The number of rotatable bonds is 5. The minimum atomic E-state index is 0.152. The molecule has 1 aromatic carbocycles. The second kappa shape index (κ2) is 9.57. The molecule has 2 heterocycles. The number of nitriles is 1. The van der Waals surface area contributed by atoms with Crippen molar-refractivity contribution in [1.82, 2.24) is 9.88 Å². The van der Waals surface area contributed by atoms with Gasteiger partial charge in [0.15, 0.2) is 0 Å². The lowest BCUT2D eigenvalue weighted by Gasteiger charge is -2.25. The monoisotopic (exact) mass is 409 g/mol. The van der Waals surface area contributed by atoms with E-state index < -0.39 is 0 Å². The zero-order chi connectivity index (χ0) is 20.8. The minimum absolute atomic E-state index is 0.152. The highest BCUT2D eigenvalue weighted by Crippen LogP contribution is 2.24. The van der Waals surface area contributed by atoms with Crippen molar-refractivity contribution in [3.8, 4) is 6.07 Å². The number of aromatic nitrogens is 1. The lowest BCUT2D eigenvalue weighted by molar-refractivity contribution is -0.128. The molecule has 1 saturated heterocycles. The molecule has 6 nitrogen and oxygen atoms in total. The fraction of sp³-hybridized carbons (Fsp3) is 0.409. The summed E-state index contributed by atoms with van der Waals surface area (Å²) in [4.78, 5) is 21.0. The van der Waals surface area contributed by atoms with E-state index in [0.717, 1.165) is 44.7 Å². The van der Waals surface area contributed by atoms with Gasteiger partial charge in [-0.3, -0.25) is 4.79 Å². The SMILES string of the molecule is CN(C)C(=O)CCc1ccc(N2CCCN(c3cc[nH]c(=S)c3C#N)CC2)cc1. The average molecular weight is 410 g/mol. The second-order valence-corrected chi connectivity index (χ2v) is 7.87. The number of carbonyl (C=O) groups is 1. The molecule has 1 fully saturated rings. The zero-order valence-corrected chi connectivity index (χ0v) is 17.8. The first-order valence-corrected chi connectivity index (χ1v) is 10.3. The van der Waals surface area contributed by atoms with Gasteiger partial charge in [-0.25, -0.2) is 0 Å². The van der Waals surface area contributed by atoms with E-state index in [-0.39, 0.29) is 5.91 Å². The van der Waals surface area contributed by atoms with E-state index in [1.807, 2.05) is 6.07 Å². The normalized spacial score (nSPS) is 14.2. The van der Waals surface area contributed by atoms with Gasteiger partial charge in [0.1, 0.15) is 16.3 Å². The molecule has 152 valence electrons. The van der Waals surface area contributed by atoms with E-state index >= 15 is 0 Å². The van der Waals surface area contributed by atoms with Crippen LogP contribution in [0.1, 0.15) is 24.0 Å². The minimum Gasteiger partial charge on any atom is -0.370 e. The van der Waals surface area contributed by atoms with E-state index in [4.69, 9.17) is 12.2 Å². The summed E-state index contributed by atoms with van der Waals surface area (Å²) in [6.07, 6.45) is 4.11. The topological polar surface area (TPSA) is 66.4 Å². The summed E-state index contributed by atoms with van der Waals surface area (Å²) >= 11 is 5.27. The lowest BCUT2D eigenvalue weighted by Crippen LogP contribution is -2.31. The largest absolute Gasteiger partial charge is 0.370 e. The second-order valence-electron chi connectivity index (χ2n) is 7.46. The third kappa shape index (κ3) is 5.15. The van der Waals surface area contributed by atoms with Crippen molar-refractivity contribution >= 4 is 29.5 Å². The number of anilines is 2. The molecule has 0 bridgehead atoms. The predicted molar refractivity (Wildman–Crippen MR) is 119 cm³/mol. The Labute approximate surface area is 177 Å². The summed E-state index contributed by atoms with van der Waals surface area (Å²) < 4.78 is 0.495. The van der Waals surface area contributed by atoms with Crippen LogP contribution in [-0.4, -0.2) is 56.1 Å². The number of hydrogen-bond donors (Lipinski definition) is 1. The average Bonchev–Trinajstić information content (AvgIpc) is 2.98. The van der Waals surface area contributed by atoms with Crippen molar-refractivity contribution < 1.29 is 4.79 Å². The van der Waals surface area contributed by atoms with Crippen molar-refractivity contribution in [3.05, 3.63) is 52.3 Å². The van der Waals surface area contributed by atoms with Crippen LogP contribution in [0.15, 0.2) is 36.5 Å². The van der Waals surface area contributed by atoms with Crippen LogP contribution in [0.4, 0.5) is 11.4 Å². The molecule has 0 spiro atoms. The van der Waals surface area contributed by atoms with Gasteiger partial charge in [0.25, 0.3) is 0 Å². The van der Waals surface area contributed by atoms with Crippen LogP contribution >= 0.6 is 12.2 Å². The Morgan fingerprint density at radius 2 is 1.83 bits per heavy atom. The van der Waals surface area contributed by atoms with Gasteiger partial charge in [0.05, 0.1) is 5.69 Å². The van der Waals surface area contributed by atoms with E-state index in [1.54, 1.807) is 25.2 Å². The van der Waals surface area contributed by atoms with Crippen molar-refractivity contribution in [1.29, 1.82) is 5.26 Å². The smallest absolute Gasteiger partial charge is 0.222 e. The highest BCUT2D eigenvalue weighted by Gasteiger charge is 2.18. The molecule has 0 atom stereocenters.